The summed E-state index contributed by atoms with van der Waals surface area (Å²) in [6, 6.07) is 53.3. The van der Waals surface area contributed by atoms with Crippen LogP contribution in [0.15, 0.2) is 206 Å². The number of hydrogen-bond acceptors (Lipinski definition) is 1. The Bertz CT molecular complexity index is 3930. The Labute approximate surface area is 343 Å². The Hall–Kier alpha value is -7.20. The van der Waals surface area contributed by atoms with E-state index < -0.39 is 12.1 Å². The Kier molecular flexibility index (Phi) is 5.74. The standard InChI is InChI=1S/C54H34N2S/c1-3-15-35(16-4-1)39-19-7-10-23-45(39)55-48-32-30-38(34-44(48)53-40(22-13-25-49(53)55)36-17-5-2-6-18-36)37-29-31-47-43(33-37)41-20-8-11-24-46(41)56(47)50-26-14-28-52-54(50)42-21-9-12-27-51(42)57-52/h1-34H/i8D,11D,20D,24D,29D,31D,33D. The Morgan fingerprint density at radius 2 is 1.04 bits per heavy atom. The molecule has 12 rings (SSSR count). The number of fused-ring (bicyclic) bond motifs is 9. The van der Waals surface area contributed by atoms with Crippen LogP contribution in [0.4, 0.5) is 0 Å². The molecule has 266 valence electrons. The van der Waals surface area contributed by atoms with Crippen molar-refractivity contribution in [3.8, 4) is 44.8 Å². The molecule has 0 radical (unpaired) electrons. The summed E-state index contributed by atoms with van der Waals surface area (Å²) in [5, 5.41) is 4.11. The van der Waals surface area contributed by atoms with Crippen molar-refractivity contribution >= 4 is 75.1 Å². The maximum Gasteiger partial charge on any atom is 0.0645 e. The first-order valence-corrected chi connectivity index (χ1v) is 19.8. The quantitative estimate of drug-likeness (QED) is 0.166. The molecule has 0 unspecified atom stereocenters. The highest BCUT2D eigenvalue weighted by Crippen LogP contribution is 2.44. The van der Waals surface area contributed by atoms with Gasteiger partial charge in [-0.3, -0.25) is 0 Å². The molecule has 0 amide bonds. The minimum Gasteiger partial charge on any atom is -0.309 e. The summed E-state index contributed by atoms with van der Waals surface area (Å²) >= 11 is 1.62. The number of hydrogen-bond donors (Lipinski definition) is 0. The molecule has 9 aromatic carbocycles. The second kappa shape index (κ2) is 12.7. The first-order chi connectivity index (χ1) is 31.2. The summed E-state index contributed by atoms with van der Waals surface area (Å²) in [6.07, 6.45) is 0. The number of benzene rings is 9. The van der Waals surface area contributed by atoms with Crippen molar-refractivity contribution in [2.75, 3.05) is 0 Å². The van der Waals surface area contributed by atoms with E-state index in [0.717, 1.165) is 69.9 Å². The molecular formula is C54H34N2S. The van der Waals surface area contributed by atoms with Crippen LogP contribution in [0.1, 0.15) is 9.60 Å². The molecule has 3 heteroatoms. The lowest BCUT2D eigenvalue weighted by atomic mass is 9.97. The molecular weight excluding hydrogens is 709 g/mol. The molecule has 12 aromatic rings. The summed E-state index contributed by atoms with van der Waals surface area (Å²) in [5.41, 5.74) is 8.90. The van der Waals surface area contributed by atoms with Gasteiger partial charge in [0.15, 0.2) is 0 Å². The lowest BCUT2D eigenvalue weighted by Crippen LogP contribution is -1.97. The van der Waals surface area contributed by atoms with E-state index in [1.54, 1.807) is 15.9 Å². The molecule has 0 saturated carbocycles. The number of para-hydroxylation sites is 2. The Balaban J connectivity index is 1.19. The van der Waals surface area contributed by atoms with Gasteiger partial charge < -0.3 is 9.13 Å². The van der Waals surface area contributed by atoms with Gasteiger partial charge in [0.25, 0.3) is 0 Å². The molecule has 0 bridgehead atoms. The van der Waals surface area contributed by atoms with E-state index in [1.807, 2.05) is 109 Å². The molecule has 0 saturated heterocycles. The molecule has 0 atom stereocenters. The van der Waals surface area contributed by atoms with E-state index in [9.17, 15) is 6.85 Å². The SMILES string of the molecule is [2H]c1c([2H])c([2H])c2c(c1[2H])c1c([2H])c(-c3ccc4c(c3)c3c(-c5ccccc5)cccc3n4-c3ccccc3-c3ccccc3)c([2H])c([2H])c1n2-c1cccc2sc3ccccc3c12. The topological polar surface area (TPSA) is 9.86 Å². The molecule has 57 heavy (non-hydrogen) atoms. The van der Waals surface area contributed by atoms with Gasteiger partial charge in [-0.1, -0.05) is 145 Å². The average molecular weight is 750 g/mol. The predicted octanol–water partition coefficient (Wildman–Crippen LogP) is 15.2. The van der Waals surface area contributed by atoms with Crippen LogP contribution in [0.5, 0.6) is 0 Å². The van der Waals surface area contributed by atoms with Crippen LogP contribution >= 0.6 is 11.3 Å². The van der Waals surface area contributed by atoms with Crippen molar-refractivity contribution in [2.24, 2.45) is 0 Å². The van der Waals surface area contributed by atoms with Crippen LogP contribution in [0.3, 0.4) is 0 Å². The van der Waals surface area contributed by atoms with Crippen molar-refractivity contribution < 1.29 is 9.60 Å². The van der Waals surface area contributed by atoms with Gasteiger partial charge in [-0.05, 0) is 88.4 Å². The highest BCUT2D eigenvalue weighted by Gasteiger charge is 2.21. The minimum atomic E-state index is -0.420. The van der Waals surface area contributed by atoms with Gasteiger partial charge in [-0.25, -0.2) is 0 Å². The van der Waals surface area contributed by atoms with E-state index in [1.165, 1.54) is 0 Å². The van der Waals surface area contributed by atoms with Crippen molar-refractivity contribution in [3.05, 3.63) is 206 Å². The number of thiophene rings is 1. The van der Waals surface area contributed by atoms with Gasteiger partial charge in [0, 0.05) is 47.3 Å². The molecule has 0 aliphatic rings. The second-order valence-corrected chi connectivity index (χ2v) is 15.4. The Morgan fingerprint density at radius 1 is 0.368 bits per heavy atom. The molecule has 0 fully saturated rings. The number of nitrogens with zero attached hydrogens (tertiary/aromatic N) is 2. The highest BCUT2D eigenvalue weighted by atomic mass is 32.1. The van der Waals surface area contributed by atoms with Crippen molar-refractivity contribution in [2.45, 2.75) is 0 Å². The van der Waals surface area contributed by atoms with Crippen LogP contribution < -0.4 is 0 Å². The van der Waals surface area contributed by atoms with Crippen LogP contribution in [0.25, 0.3) is 109 Å². The maximum atomic E-state index is 10.1. The monoisotopic (exact) mass is 749 g/mol. The van der Waals surface area contributed by atoms with Crippen molar-refractivity contribution in [3.63, 3.8) is 0 Å². The second-order valence-electron chi connectivity index (χ2n) is 14.3. The normalized spacial score (nSPS) is 13.6. The molecule has 0 spiro atoms. The summed E-state index contributed by atoms with van der Waals surface area (Å²) in [6.45, 7) is 0. The molecule has 0 aliphatic carbocycles. The fourth-order valence-electron chi connectivity index (χ4n) is 8.72. The summed E-state index contributed by atoms with van der Waals surface area (Å²) < 4.78 is 71.9. The van der Waals surface area contributed by atoms with Crippen LogP contribution in [0.2, 0.25) is 0 Å². The summed E-state index contributed by atoms with van der Waals surface area (Å²) in [5.74, 6) is 0. The lowest BCUT2D eigenvalue weighted by molar-refractivity contribution is 1.18. The molecule has 0 aliphatic heterocycles. The van der Waals surface area contributed by atoms with E-state index in [2.05, 4.69) is 59.2 Å². The smallest absolute Gasteiger partial charge is 0.0645 e. The summed E-state index contributed by atoms with van der Waals surface area (Å²) in [7, 11) is 0. The first-order valence-electron chi connectivity index (χ1n) is 22.5. The highest BCUT2D eigenvalue weighted by molar-refractivity contribution is 7.25. The zero-order valence-corrected chi connectivity index (χ0v) is 31.2. The first kappa shape index (κ1) is 25.8. The molecule has 3 aromatic heterocycles. The van der Waals surface area contributed by atoms with E-state index in [0.29, 0.717) is 11.3 Å². The minimum absolute atomic E-state index is 0.0760. The zero-order valence-electron chi connectivity index (χ0n) is 37.4. The predicted molar refractivity (Wildman–Crippen MR) is 244 cm³/mol. The van der Waals surface area contributed by atoms with Crippen molar-refractivity contribution in [1.82, 2.24) is 9.13 Å². The van der Waals surface area contributed by atoms with Crippen LogP contribution in [0, 0.1) is 0 Å². The van der Waals surface area contributed by atoms with E-state index in [4.69, 9.17) is 2.74 Å². The van der Waals surface area contributed by atoms with Gasteiger partial charge in [0.1, 0.15) is 0 Å². The third kappa shape index (κ3) is 4.89. The maximum absolute atomic E-state index is 10.1. The number of rotatable bonds is 5. The largest absolute Gasteiger partial charge is 0.309 e. The van der Waals surface area contributed by atoms with Crippen molar-refractivity contribution in [1.29, 1.82) is 0 Å². The van der Waals surface area contributed by atoms with Gasteiger partial charge in [-0.2, -0.15) is 0 Å². The Morgan fingerprint density at radius 3 is 1.91 bits per heavy atom. The molecule has 2 nitrogen and oxygen atoms in total. The lowest BCUT2D eigenvalue weighted by Gasteiger charge is -2.14. The van der Waals surface area contributed by atoms with Gasteiger partial charge in [0.2, 0.25) is 0 Å². The molecule has 3 heterocycles. The number of aromatic nitrogens is 2. The average Bonchev–Trinajstić information content (AvgIpc) is 4.01. The van der Waals surface area contributed by atoms with Crippen LogP contribution in [-0.2, 0) is 0 Å². The third-order valence-corrected chi connectivity index (χ3v) is 12.3. The van der Waals surface area contributed by atoms with Crippen LogP contribution in [-0.4, -0.2) is 9.13 Å². The fourth-order valence-corrected chi connectivity index (χ4v) is 9.84. The molecule has 0 N–H and O–H groups in total. The van der Waals surface area contributed by atoms with E-state index >= 15 is 0 Å². The van der Waals surface area contributed by atoms with Gasteiger partial charge >= 0.3 is 0 Å². The summed E-state index contributed by atoms with van der Waals surface area (Å²) in [4.78, 5) is 0. The van der Waals surface area contributed by atoms with E-state index in [-0.39, 0.29) is 57.6 Å². The van der Waals surface area contributed by atoms with Gasteiger partial charge in [0.05, 0.1) is 43.0 Å². The fraction of sp³-hybridized carbons (Fsp3) is 0. The third-order valence-electron chi connectivity index (χ3n) is 11.2. The zero-order chi connectivity index (χ0) is 43.5. The van der Waals surface area contributed by atoms with Gasteiger partial charge in [-0.15, -0.1) is 11.3 Å².